The number of benzene rings is 2. The van der Waals surface area contributed by atoms with Crippen LogP contribution in [0.5, 0.6) is 11.6 Å². The number of ether oxygens (including phenoxy) is 2. The molecule has 164 valence electrons. The van der Waals surface area contributed by atoms with Crippen LogP contribution in [0.3, 0.4) is 0 Å². The molecule has 0 aliphatic carbocycles. The van der Waals surface area contributed by atoms with E-state index in [0.29, 0.717) is 29.5 Å². The molecule has 1 aromatic heterocycles. The van der Waals surface area contributed by atoms with Crippen molar-refractivity contribution in [1.82, 2.24) is 4.98 Å². The number of nitrogens with two attached hydrogens (primary N) is 1. The topological polar surface area (TPSA) is 112 Å². The number of nitrogens with zero attached hydrogens (tertiary/aromatic N) is 1. The van der Waals surface area contributed by atoms with Gasteiger partial charge < -0.3 is 14.6 Å². The Morgan fingerprint density at radius 1 is 1.06 bits per heavy atom. The minimum absolute atomic E-state index is 0.0223. The molecule has 8 heteroatoms. The molecular formula is C23H26N2O5S. The van der Waals surface area contributed by atoms with Crippen LogP contribution in [0.4, 0.5) is 0 Å². The first-order chi connectivity index (χ1) is 14.9. The summed E-state index contributed by atoms with van der Waals surface area (Å²) in [5.74, 6) is 1.05. The summed E-state index contributed by atoms with van der Waals surface area (Å²) in [6.45, 7) is 2.32. The van der Waals surface area contributed by atoms with Crippen LogP contribution in [0.2, 0.25) is 0 Å². The molecule has 31 heavy (non-hydrogen) atoms. The Morgan fingerprint density at radius 3 is 2.42 bits per heavy atom. The molecule has 0 atom stereocenters. The van der Waals surface area contributed by atoms with Gasteiger partial charge in [0.05, 0.1) is 30.9 Å². The highest BCUT2D eigenvalue weighted by Gasteiger charge is 2.17. The molecule has 2 aromatic carbocycles. The van der Waals surface area contributed by atoms with E-state index in [4.69, 9.17) is 19.6 Å². The van der Waals surface area contributed by atoms with E-state index in [-0.39, 0.29) is 11.5 Å². The number of aliphatic hydroxyl groups is 1. The van der Waals surface area contributed by atoms with Crippen molar-refractivity contribution in [3.63, 3.8) is 0 Å². The van der Waals surface area contributed by atoms with E-state index in [0.717, 1.165) is 29.5 Å². The maximum Gasteiger partial charge on any atom is 0.238 e. The molecular weight excluding hydrogens is 416 g/mol. The average Bonchev–Trinajstić information content (AvgIpc) is 2.78. The minimum Gasteiger partial charge on any atom is -0.497 e. The highest BCUT2D eigenvalue weighted by molar-refractivity contribution is 7.89. The molecule has 0 radical (unpaired) electrons. The van der Waals surface area contributed by atoms with E-state index >= 15 is 0 Å². The molecule has 0 spiro atoms. The van der Waals surface area contributed by atoms with E-state index in [9.17, 15) is 13.5 Å². The molecule has 7 nitrogen and oxygen atoms in total. The highest BCUT2D eigenvalue weighted by atomic mass is 32.2. The van der Waals surface area contributed by atoms with Gasteiger partial charge in [-0.25, -0.2) is 18.5 Å². The lowest BCUT2D eigenvalue weighted by Gasteiger charge is -2.16. The number of aliphatic hydroxyl groups excluding tert-OH is 1. The van der Waals surface area contributed by atoms with Gasteiger partial charge in [-0.1, -0.05) is 37.6 Å². The largest absolute Gasteiger partial charge is 0.497 e. The number of methoxy groups -OCH3 is 1. The normalized spacial score (nSPS) is 11.4. The molecule has 3 N–H and O–H groups in total. The number of unbranched alkanes of at least 4 members (excludes halogenated alkanes) is 1. The first-order valence-corrected chi connectivity index (χ1v) is 11.5. The molecule has 0 saturated heterocycles. The second-order valence-electron chi connectivity index (χ2n) is 7.01. The zero-order chi connectivity index (χ0) is 22.4. The third-order valence-electron chi connectivity index (χ3n) is 4.81. The zero-order valence-electron chi connectivity index (χ0n) is 17.5. The molecule has 0 aliphatic rings. The van der Waals surface area contributed by atoms with E-state index in [1.165, 1.54) is 12.1 Å². The van der Waals surface area contributed by atoms with Crippen molar-refractivity contribution in [1.29, 1.82) is 0 Å². The van der Waals surface area contributed by atoms with Crippen molar-refractivity contribution in [3.05, 3.63) is 60.2 Å². The van der Waals surface area contributed by atoms with Gasteiger partial charge in [-0.15, -0.1) is 0 Å². The van der Waals surface area contributed by atoms with Crippen molar-refractivity contribution in [3.8, 4) is 34.0 Å². The number of sulfonamides is 1. The molecule has 0 unspecified atom stereocenters. The van der Waals surface area contributed by atoms with Crippen LogP contribution in [0, 0.1) is 0 Å². The standard InChI is InChI=1S/C23H26N2O5S/c1-3-4-12-30-23-18(15-26)14-21(16-8-10-20(11-9-16)31(24,27)28)22(25-23)17-6-5-7-19(13-17)29-2/h5-11,13-14,26H,3-4,12,15H2,1-2H3,(H2,24,27,28). The molecule has 3 aromatic rings. The number of pyridine rings is 1. The fourth-order valence-electron chi connectivity index (χ4n) is 3.12. The third-order valence-corrected chi connectivity index (χ3v) is 5.74. The number of aromatic nitrogens is 1. The van der Waals surface area contributed by atoms with Gasteiger partial charge in [0.2, 0.25) is 15.9 Å². The summed E-state index contributed by atoms with van der Waals surface area (Å²) < 4.78 is 34.4. The second-order valence-corrected chi connectivity index (χ2v) is 8.57. The number of primary sulfonamides is 1. The summed E-state index contributed by atoms with van der Waals surface area (Å²) >= 11 is 0. The maximum absolute atomic E-state index is 11.6. The minimum atomic E-state index is -3.80. The van der Waals surface area contributed by atoms with E-state index < -0.39 is 10.0 Å². The van der Waals surface area contributed by atoms with Gasteiger partial charge in [-0.05, 0) is 42.3 Å². The van der Waals surface area contributed by atoms with Crippen LogP contribution in [0.1, 0.15) is 25.3 Å². The predicted octanol–water partition coefficient (Wildman–Crippen LogP) is 3.74. The Bertz CT molecular complexity index is 1150. The van der Waals surface area contributed by atoms with Gasteiger partial charge in [0.25, 0.3) is 0 Å². The highest BCUT2D eigenvalue weighted by Crippen LogP contribution is 2.36. The van der Waals surface area contributed by atoms with Gasteiger partial charge in [0, 0.05) is 16.7 Å². The lowest BCUT2D eigenvalue weighted by Crippen LogP contribution is -2.11. The van der Waals surface area contributed by atoms with Crippen LogP contribution < -0.4 is 14.6 Å². The number of hydrogen-bond donors (Lipinski definition) is 2. The van der Waals surface area contributed by atoms with Crippen molar-refractivity contribution < 1.29 is 23.0 Å². The molecule has 1 heterocycles. The fraction of sp³-hybridized carbons (Fsp3) is 0.261. The van der Waals surface area contributed by atoms with Gasteiger partial charge >= 0.3 is 0 Å². The fourth-order valence-corrected chi connectivity index (χ4v) is 3.64. The average molecular weight is 443 g/mol. The summed E-state index contributed by atoms with van der Waals surface area (Å²) in [5, 5.41) is 15.1. The van der Waals surface area contributed by atoms with Crippen molar-refractivity contribution in [2.45, 2.75) is 31.3 Å². The van der Waals surface area contributed by atoms with E-state index in [1.807, 2.05) is 30.3 Å². The van der Waals surface area contributed by atoms with Crippen molar-refractivity contribution >= 4 is 10.0 Å². The summed E-state index contributed by atoms with van der Waals surface area (Å²) in [6.07, 6.45) is 1.85. The lowest BCUT2D eigenvalue weighted by atomic mass is 9.97. The van der Waals surface area contributed by atoms with Crippen LogP contribution in [0.25, 0.3) is 22.4 Å². The summed E-state index contributed by atoms with van der Waals surface area (Å²) in [4.78, 5) is 4.75. The smallest absolute Gasteiger partial charge is 0.238 e. The summed E-state index contributed by atoms with van der Waals surface area (Å²) in [7, 11) is -2.21. The Balaban J connectivity index is 2.17. The van der Waals surface area contributed by atoms with Crippen molar-refractivity contribution in [2.24, 2.45) is 5.14 Å². The van der Waals surface area contributed by atoms with Crippen LogP contribution in [-0.4, -0.2) is 32.2 Å². The van der Waals surface area contributed by atoms with Crippen molar-refractivity contribution in [2.75, 3.05) is 13.7 Å². The molecule has 0 saturated carbocycles. The second kappa shape index (κ2) is 9.91. The first kappa shape index (κ1) is 22.7. The van der Waals surface area contributed by atoms with E-state index in [1.54, 1.807) is 19.2 Å². The SMILES string of the molecule is CCCCOc1nc(-c2cccc(OC)c2)c(-c2ccc(S(N)(=O)=O)cc2)cc1CO. The van der Waals surface area contributed by atoms with Crippen LogP contribution >= 0.6 is 0 Å². The predicted molar refractivity (Wildman–Crippen MR) is 119 cm³/mol. The zero-order valence-corrected chi connectivity index (χ0v) is 18.4. The van der Waals surface area contributed by atoms with E-state index in [2.05, 4.69) is 6.92 Å². The third kappa shape index (κ3) is 5.41. The quantitative estimate of drug-likeness (QED) is 0.488. The maximum atomic E-state index is 11.6. The van der Waals surface area contributed by atoms with Gasteiger partial charge in [-0.3, -0.25) is 0 Å². The Labute approximate surface area is 182 Å². The molecule has 3 rings (SSSR count). The summed E-state index contributed by atoms with van der Waals surface area (Å²) in [5.41, 5.74) is 3.43. The summed E-state index contributed by atoms with van der Waals surface area (Å²) in [6, 6.07) is 15.5. The Kier molecular flexibility index (Phi) is 7.27. The lowest BCUT2D eigenvalue weighted by molar-refractivity contribution is 0.255. The number of hydrogen-bond acceptors (Lipinski definition) is 6. The molecule has 0 aliphatic heterocycles. The van der Waals surface area contributed by atoms with Crippen LogP contribution in [-0.2, 0) is 16.6 Å². The Hall–Kier alpha value is -2.94. The molecule has 0 bridgehead atoms. The monoisotopic (exact) mass is 442 g/mol. The van der Waals surface area contributed by atoms with Crippen LogP contribution in [0.15, 0.2) is 59.5 Å². The van der Waals surface area contributed by atoms with Gasteiger partial charge in [-0.2, -0.15) is 0 Å². The molecule has 0 amide bonds. The van der Waals surface area contributed by atoms with Gasteiger partial charge in [0.1, 0.15) is 5.75 Å². The number of rotatable bonds is 9. The van der Waals surface area contributed by atoms with Gasteiger partial charge in [0.15, 0.2) is 0 Å². The first-order valence-electron chi connectivity index (χ1n) is 9.92. The Morgan fingerprint density at radius 2 is 1.81 bits per heavy atom. The molecule has 0 fully saturated rings.